The standard InChI is InChI=1S/C25H29FN4O5S/c1-14(2)34-16-8-6-15(7-9-16)12-30-20-10-17(22-28-29-24(35-22)25(3,4)5)18(26)11-21(20)36(32,33)13-19(27)23(30)31/h6-11,14,19H,12-13,27H2,1-5H3/t19-/m0/s1. The third-order valence-corrected chi connectivity index (χ3v) is 7.38. The Labute approximate surface area is 209 Å². The third-order valence-electron chi connectivity index (χ3n) is 5.59. The van der Waals surface area contributed by atoms with E-state index >= 15 is 4.39 Å². The maximum absolute atomic E-state index is 15.2. The van der Waals surface area contributed by atoms with Crippen LogP contribution in [0.2, 0.25) is 0 Å². The monoisotopic (exact) mass is 516 g/mol. The number of rotatable bonds is 5. The number of hydrogen-bond acceptors (Lipinski definition) is 8. The number of carbonyl (C=O) groups excluding carboxylic acids is 1. The van der Waals surface area contributed by atoms with Crippen LogP contribution in [0.1, 0.15) is 46.1 Å². The van der Waals surface area contributed by atoms with Crippen molar-refractivity contribution in [1.29, 1.82) is 0 Å². The molecule has 0 bridgehead atoms. The second-order valence-corrected chi connectivity index (χ2v) is 12.1. The molecule has 4 rings (SSSR count). The minimum absolute atomic E-state index is 0.00219. The molecule has 0 spiro atoms. The first-order valence-electron chi connectivity index (χ1n) is 11.5. The summed E-state index contributed by atoms with van der Waals surface area (Å²) in [6, 6.07) is 7.90. The van der Waals surface area contributed by atoms with Gasteiger partial charge in [-0.15, -0.1) is 10.2 Å². The van der Waals surface area contributed by atoms with Crippen molar-refractivity contribution in [2.45, 2.75) is 63.6 Å². The van der Waals surface area contributed by atoms with E-state index in [1.165, 1.54) is 11.0 Å². The summed E-state index contributed by atoms with van der Waals surface area (Å²) < 4.78 is 52.6. The highest BCUT2D eigenvalue weighted by atomic mass is 32.2. The number of halogens is 1. The van der Waals surface area contributed by atoms with Crippen LogP contribution in [0.25, 0.3) is 11.5 Å². The molecule has 0 unspecified atom stereocenters. The zero-order chi connectivity index (χ0) is 26.4. The molecule has 0 aliphatic carbocycles. The maximum atomic E-state index is 15.2. The van der Waals surface area contributed by atoms with Crippen LogP contribution < -0.4 is 15.4 Å². The average molecular weight is 517 g/mol. The highest BCUT2D eigenvalue weighted by molar-refractivity contribution is 7.91. The lowest BCUT2D eigenvalue weighted by Crippen LogP contribution is -2.45. The Morgan fingerprint density at radius 3 is 2.44 bits per heavy atom. The van der Waals surface area contributed by atoms with Gasteiger partial charge in [-0.3, -0.25) is 4.79 Å². The molecule has 2 N–H and O–H groups in total. The van der Waals surface area contributed by atoms with Gasteiger partial charge in [-0.2, -0.15) is 0 Å². The molecule has 1 aliphatic rings. The smallest absolute Gasteiger partial charge is 0.250 e. The second kappa shape index (κ2) is 9.29. The molecule has 11 heteroatoms. The van der Waals surface area contributed by atoms with Gasteiger partial charge in [0.1, 0.15) is 11.6 Å². The van der Waals surface area contributed by atoms with Crippen LogP contribution in [0.4, 0.5) is 10.1 Å². The fraction of sp³-hybridized carbons (Fsp3) is 0.400. The van der Waals surface area contributed by atoms with E-state index in [4.69, 9.17) is 14.9 Å². The van der Waals surface area contributed by atoms with Crippen LogP contribution in [-0.4, -0.2) is 42.4 Å². The fourth-order valence-corrected chi connectivity index (χ4v) is 5.38. The van der Waals surface area contributed by atoms with Gasteiger partial charge in [0, 0.05) is 5.41 Å². The molecule has 1 aromatic heterocycles. The lowest BCUT2D eigenvalue weighted by Gasteiger charge is -2.25. The molecule has 36 heavy (non-hydrogen) atoms. The highest BCUT2D eigenvalue weighted by Crippen LogP contribution is 2.37. The van der Waals surface area contributed by atoms with E-state index in [0.29, 0.717) is 11.3 Å². The van der Waals surface area contributed by atoms with E-state index in [9.17, 15) is 13.2 Å². The molecule has 0 saturated carbocycles. The van der Waals surface area contributed by atoms with Gasteiger partial charge < -0.3 is 19.8 Å². The van der Waals surface area contributed by atoms with Crippen LogP contribution in [0.3, 0.4) is 0 Å². The van der Waals surface area contributed by atoms with Crippen molar-refractivity contribution >= 4 is 21.4 Å². The Morgan fingerprint density at radius 1 is 1.19 bits per heavy atom. The summed E-state index contributed by atoms with van der Waals surface area (Å²) >= 11 is 0. The number of benzene rings is 2. The van der Waals surface area contributed by atoms with Gasteiger partial charge in [-0.25, -0.2) is 12.8 Å². The number of aromatic nitrogens is 2. The van der Waals surface area contributed by atoms with E-state index in [0.717, 1.165) is 6.07 Å². The van der Waals surface area contributed by atoms with Gasteiger partial charge in [-0.05, 0) is 43.7 Å². The first-order chi connectivity index (χ1) is 16.8. The van der Waals surface area contributed by atoms with Crippen molar-refractivity contribution in [1.82, 2.24) is 10.2 Å². The molecule has 9 nitrogen and oxygen atoms in total. The van der Waals surface area contributed by atoms with Gasteiger partial charge in [0.15, 0.2) is 9.84 Å². The largest absolute Gasteiger partial charge is 0.491 e. The van der Waals surface area contributed by atoms with Gasteiger partial charge in [0.25, 0.3) is 5.89 Å². The number of anilines is 1. The minimum Gasteiger partial charge on any atom is -0.491 e. The van der Waals surface area contributed by atoms with Crippen LogP contribution in [0, 0.1) is 5.82 Å². The maximum Gasteiger partial charge on any atom is 0.250 e. The van der Waals surface area contributed by atoms with Gasteiger partial charge in [0.2, 0.25) is 11.8 Å². The number of nitrogens with two attached hydrogens (primary N) is 1. The van der Waals surface area contributed by atoms with Crippen molar-refractivity contribution in [3.63, 3.8) is 0 Å². The zero-order valence-electron chi connectivity index (χ0n) is 20.8. The predicted octanol–water partition coefficient (Wildman–Crippen LogP) is 3.61. The normalized spacial score (nSPS) is 17.7. The number of fused-ring (bicyclic) bond motifs is 1. The molecule has 0 fully saturated rings. The van der Waals surface area contributed by atoms with Crippen LogP contribution >= 0.6 is 0 Å². The number of hydrogen-bond donors (Lipinski definition) is 1. The van der Waals surface area contributed by atoms with Crippen molar-refractivity contribution in [2.24, 2.45) is 5.73 Å². The molecule has 1 atom stereocenters. The SMILES string of the molecule is CC(C)Oc1ccc(CN2C(=O)[C@@H](N)CS(=O)(=O)c3cc(F)c(-c4nnc(C(C)(C)C)o4)cc32)cc1. The van der Waals surface area contributed by atoms with E-state index in [1.807, 2.05) is 34.6 Å². The molecular formula is C25H29FN4O5S. The van der Waals surface area contributed by atoms with Gasteiger partial charge >= 0.3 is 0 Å². The Balaban J connectivity index is 1.82. The Kier molecular flexibility index (Phi) is 6.65. The number of sulfone groups is 1. The lowest BCUT2D eigenvalue weighted by molar-refractivity contribution is -0.119. The van der Waals surface area contributed by atoms with E-state index < -0.39 is 38.8 Å². The summed E-state index contributed by atoms with van der Waals surface area (Å²) in [5, 5.41) is 7.94. The number of carbonyl (C=O) groups is 1. The quantitative estimate of drug-likeness (QED) is 0.545. The fourth-order valence-electron chi connectivity index (χ4n) is 3.81. The van der Waals surface area contributed by atoms with Crippen molar-refractivity contribution in [2.75, 3.05) is 10.7 Å². The van der Waals surface area contributed by atoms with E-state index in [2.05, 4.69) is 10.2 Å². The Morgan fingerprint density at radius 2 is 1.86 bits per heavy atom. The van der Waals surface area contributed by atoms with Crippen molar-refractivity contribution in [3.05, 3.63) is 53.7 Å². The molecule has 1 amide bonds. The molecule has 3 aromatic rings. The first kappa shape index (κ1) is 25.8. The molecule has 2 aromatic carbocycles. The number of amides is 1. The lowest BCUT2D eigenvalue weighted by atomic mass is 9.97. The summed E-state index contributed by atoms with van der Waals surface area (Å²) in [4.78, 5) is 14.2. The molecular weight excluding hydrogens is 487 g/mol. The summed E-state index contributed by atoms with van der Waals surface area (Å²) in [5.41, 5.74) is 6.09. The molecule has 0 radical (unpaired) electrons. The Hall–Kier alpha value is -3.31. The topological polar surface area (TPSA) is 129 Å². The predicted molar refractivity (Wildman–Crippen MR) is 132 cm³/mol. The zero-order valence-corrected chi connectivity index (χ0v) is 21.6. The molecule has 192 valence electrons. The van der Waals surface area contributed by atoms with Crippen molar-refractivity contribution < 1.29 is 26.8 Å². The Bertz CT molecular complexity index is 1390. The van der Waals surface area contributed by atoms with Crippen LogP contribution in [0.5, 0.6) is 5.75 Å². The first-order valence-corrected chi connectivity index (χ1v) is 13.1. The summed E-state index contributed by atoms with van der Waals surface area (Å²) in [7, 11) is -4.06. The van der Waals surface area contributed by atoms with Crippen molar-refractivity contribution in [3.8, 4) is 17.2 Å². The van der Waals surface area contributed by atoms with Crippen LogP contribution in [0.15, 0.2) is 45.7 Å². The van der Waals surface area contributed by atoms with E-state index in [1.54, 1.807) is 24.3 Å². The number of nitrogens with zero attached hydrogens (tertiary/aromatic N) is 3. The summed E-state index contributed by atoms with van der Waals surface area (Å²) in [6.45, 7) is 9.43. The molecule has 1 aliphatic heterocycles. The summed E-state index contributed by atoms with van der Waals surface area (Å²) in [6.07, 6.45) is -0.00469. The minimum atomic E-state index is -4.06. The van der Waals surface area contributed by atoms with Gasteiger partial charge in [0.05, 0.1) is 40.6 Å². The molecule has 2 heterocycles. The summed E-state index contributed by atoms with van der Waals surface area (Å²) in [5.74, 6) is -1.26. The third kappa shape index (κ3) is 5.12. The second-order valence-electron chi connectivity index (χ2n) is 10.1. The molecule has 0 saturated heterocycles. The van der Waals surface area contributed by atoms with Gasteiger partial charge in [-0.1, -0.05) is 32.9 Å². The van der Waals surface area contributed by atoms with Crippen LogP contribution in [-0.2, 0) is 26.6 Å². The average Bonchev–Trinajstić information content (AvgIpc) is 3.26. The van der Waals surface area contributed by atoms with E-state index in [-0.39, 0.29) is 40.6 Å². The number of ether oxygens (including phenoxy) is 1. The highest BCUT2D eigenvalue weighted by Gasteiger charge is 2.37.